The van der Waals surface area contributed by atoms with Gasteiger partial charge in [-0.2, -0.15) is 0 Å². The Kier molecular flexibility index (Phi) is 11.2. The van der Waals surface area contributed by atoms with Crippen LogP contribution in [0.25, 0.3) is 10.9 Å². The second-order valence-electron chi connectivity index (χ2n) is 14.0. The number of hydrogen-bond acceptors (Lipinski definition) is 12. The molecule has 0 bridgehead atoms. The molecule has 0 radical (unpaired) electrons. The predicted octanol–water partition coefficient (Wildman–Crippen LogP) is 7.81. The highest BCUT2D eigenvalue weighted by Crippen LogP contribution is 2.46. The molecule has 61 heavy (non-hydrogen) atoms. The molecule has 310 valence electrons. The zero-order chi connectivity index (χ0) is 42.8. The monoisotopic (exact) mass is 846 g/mol. The maximum absolute atomic E-state index is 15.7. The molecule has 4 aromatic carbocycles. The zero-order valence-electron chi connectivity index (χ0n) is 32.9. The molecule has 1 aliphatic carbocycles. The Bertz CT molecular complexity index is 2790. The minimum atomic E-state index is -2.17. The van der Waals surface area contributed by atoms with Crippen LogP contribution in [0.4, 0.5) is 14.5 Å². The van der Waals surface area contributed by atoms with Crippen molar-refractivity contribution in [3.05, 3.63) is 183 Å². The molecule has 13 nitrogen and oxygen atoms in total. The number of aryl methyl sites for hydroxylation is 1. The van der Waals surface area contributed by atoms with E-state index in [1.165, 1.54) is 63.9 Å². The van der Waals surface area contributed by atoms with Crippen molar-refractivity contribution in [2.24, 2.45) is 9.98 Å². The van der Waals surface area contributed by atoms with Gasteiger partial charge in [0.25, 0.3) is 5.79 Å². The highest BCUT2D eigenvalue weighted by molar-refractivity contribution is 6.30. The number of nitrogens with one attached hydrogen (secondary N) is 1. The Balaban J connectivity index is 1.28. The van der Waals surface area contributed by atoms with E-state index < -0.39 is 34.8 Å². The number of aromatic nitrogens is 3. The number of methoxy groups -OCH3 is 2. The fourth-order valence-corrected chi connectivity index (χ4v) is 7.14. The van der Waals surface area contributed by atoms with Gasteiger partial charge in [-0.1, -0.05) is 54.1 Å². The predicted molar refractivity (Wildman–Crippen MR) is 225 cm³/mol. The van der Waals surface area contributed by atoms with Gasteiger partial charge in [-0.25, -0.2) is 28.7 Å². The van der Waals surface area contributed by atoms with Crippen molar-refractivity contribution < 1.29 is 37.6 Å². The summed E-state index contributed by atoms with van der Waals surface area (Å²) in [5.74, 6) is -8.07. The van der Waals surface area contributed by atoms with Crippen LogP contribution >= 0.6 is 11.6 Å². The zero-order valence-corrected chi connectivity index (χ0v) is 33.6. The first kappa shape index (κ1) is 41.0. The normalized spacial score (nSPS) is 17.7. The van der Waals surface area contributed by atoms with Crippen LogP contribution < -0.4 is 15.5 Å². The number of aliphatic imine (C=N–C) groups is 2. The number of allylic oxidation sites excluding steroid dienone is 1. The highest BCUT2D eigenvalue weighted by atomic mass is 35.5. The number of rotatable bonds is 14. The van der Waals surface area contributed by atoms with Gasteiger partial charge < -0.3 is 38.7 Å². The average molecular weight is 847 g/mol. The molecule has 16 heteroatoms. The van der Waals surface area contributed by atoms with Crippen molar-refractivity contribution in [1.29, 1.82) is 0 Å². The molecule has 1 aliphatic heterocycles. The number of phenolic OH excluding ortho intramolecular Hbond substituents is 1. The van der Waals surface area contributed by atoms with Crippen LogP contribution in [0.5, 0.6) is 11.5 Å². The van der Waals surface area contributed by atoms with E-state index >= 15 is 8.78 Å². The van der Waals surface area contributed by atoms with Gasteiger partial charge in [0.2, 0.25) is 5.79 Å². The standard InChI is InChI=1S/C45H37ClF2N6O7/c1-28-19-36(48)41(23-40(28)56)60-45(53-37-12-11-32(46)21-35(37)47)34-24-43(57-2,58-3)42(22-39(34)51-27-52-45)61-44(30-7-5-4-6-8-30,59-18-17-54-15-13-33(55)14-16-54)31-10-9-29-25-49-26-50-38(29)20-31/h4-16,19-27,53,56H,17-18H2,1-3H3. The fraction of sp³-hybridized carbons (Fsp3) is 0.178. The fourth-order valence-electron chi connectivity index (χ4n) is 6.98. The summed E-state index contributed by atoms with van der Waals surface area (Å²) < 4.78 is 65.8. The molecule has 0 spiro atoms. The lowest BCUT2D eigenvalue weighted by molar-refractivity contribution is -0.243. The summed E-state index contributed by atoms with van der Waals surface area (Å²) in [4.78, 5) is 29.6. The number of fused-ring (bicyclic) bond motifs is 2. The molecule has 2 N–H and O–H groups in total. The second kappa shape index (κ2) is 16.7. The maximum Gasteiger partial charge on any atom is 0.310 e. The molecule has 0 amide bonds. The minimum absolute atomic E-state index is 0.0380. The molecule has 2 aliphatic rings. The van der Waals surface area contributed by atoms with E-state index in [2.05, 4.69) is 25.3 Å². The van der Waals surface area contributed by atoms with Gasteiger partial charge in [0.1, 0.15) is 24.2 Å². The molecule has 0 saturated heterocycles. The van der Waals surface area contributed by atoms with Crippen molar-refractivity contribution in [1.82, 2.24) is 14.5 Å². The Morgan fingerprint density at radius 3 is 2.48 bits per heavy atom. The summed E-state index contributed by atoms with van der Waals surface area (Å²) in [7, 11) is 2.76. The third-order valence-corrected chi connectivity index (χ3v) is 10.4. The summed E-state index contributed by atoms with van der Waals surface area (Å²) >= 11 is 6.10. The van der Waals surface area contributed by atoms with Crippen LogP contribution in [0.3, 0.4) is 0 Å². The lowest BCUT2D eigenvalue weighted by Crippen LogP contribution is -2.52. The van der Waals surface area contributed by atoms with Gasteiger partial charge in [-0.3, -0.25) is 4.79 Å². The topological polar surface area (TPSA) is 151 Å². The van der Waals surface area contributed by atoms with E-state index in [0.29, 0.717) is 23.2 Å². The van der Waals surface area contributed by atoms with Crippen molar-refractivity contribution in [3.8, 4) is 11.5 Å². The van der Waals surface area contributed by atoms with Crippen LogP contribution in [0.15, 0.2) is 154 Å². The summed E-state index contributed by atoms with van der Waals surface area (Å²) in [6.45, 7) is 1.91. The molecular formula is C45H37ClF2N6O7. The molecule has 6 aromatic rings. The van der Waals surface area contributed by atoms with Crippen molar-refractivity contribution >= 4 is 40.2 Å². The molecule has 3 heterocycles. The number of phenols is 1. The first-order valence-electron chi connectivity index (χ1n) is 18.8. The Labute approximate surface area is 352 Å². The molecule has 2 atom stereocenters. The van der Waals surface area contributed by atoms with Crippen molar-refractivity contribution in [2.75, 3.05) is 26.1 Å². The molecular weight excluding hydrogens is 810 g/mol. The molecule has 0 fully saturated rings. The third-order valence-electron chi connectivity index (χ3n) is 10.2. The molecule has 0 saturated carbocycles. The van der Waals surface area contributed by atoms with Gasteiger partial charge in [-0.05, 0) is 48.9 Å². The summed E-state index contributed by atoms with van der Waals surface area (Å²) in [5.41, 5.74) is 1.96. The number of pyridine rings is 1. The first-order valence-corrected chi connectivity index (χ1v) is 19.2. The number of benzene rings is 4. The lowest BCUT2D eigenvalue weighted by Gasteiger charge is -2.43. The maximum atomic E-state index is 15.7. The average Bonchev–Trinajstić information content (AvgIpc) is 3.27. The number of anilines is 1. The van der Waals surface area contributed by atoms with Gasteiger partial charge in [0.15, 0.2) is 22.8 Å². The summed E-state index contributed by atoms with van der Waals surface area (Å²) in [6, 6.07) is 23.7. The Hall–Kier alpha value is -6.78. The van der Waals surface area contributed by atoms with E-state index in [1.807, 2.05) is 48.5 Å². The smallest absolute Gasteiger partial charge is 0.310 e. The van der Waals surface area contributed by atoms with Crippen molar-refractivity contribution in [3.63, 3.8) is 0 Å². The van der Waals surface area contributed by atoms with Gasteiger partial charge >= 0.3 is 5.85 Å². The van der Waals surface area contributed by atoms with Gasteiger partial charge in [-0.15, -0.1) is 0 Å². The minimum Gasteiger partial charge on any atom is -0.508 e. The van der Waals surface area contributed by atoms with E-state index in [-0.39, 0.29) is 51.1 Å². The number of ether oxygens (including phenoxy) is 5. The number of nitrogens with zero attached hydrogens (tertiary/aromatic N) is 5. The number of aromatic hydroxyl groups is 1. The van der Waals surface area contributed by atoms with E-state index in [4.69, 9.17) is 35.3 Å². The second-order valence-corrected chi connectivity index (χ2v) is 14.4. The Morgan fingerprint density at radius 1 is 0.934 bits per heavy atom. The van der Waals surface area contributed by atoms with Crippen LogP contribution in [0.1, 0.15) is 16.7 Å². The van der Waals surface area contributed by atoms with Crippen LogP contribution in [-0.2, 0) is 31.3 Å². The quantitative estimate of drug-likeness (QED) is 0.104. The lowest BCUT2D eigenvalue weighted by atomic mass is 9.91. The van der Waals surface area contributed by atoms with Crippen LogP contribution in [0.2, 0.25) is 5.02 Å². The molecule has 2 aromatic heterocycles. The number of hydrogen-bond donors (Lipinski definition) is 2. The van der Waals surface area contributed by atoms with Crippen molar-refractivity contribution in [2.45, 2.75) is 30.9 Å². The van der Waals surface area contributed by atoms with Crippen LogP contribution in [-0.4, -0.2) is 64.2 Å². The van der Waals surface area contributed by atoms with Crippen LogP contribution in [0, 0.1) is 18.6 Å². The largest absolute Gasteiger partial charge is 0.508 e. The van der Waals surface area contributed by atoms with Gasteiger partial charge in [0.05, 0.1) is 29.1 Å². The van der Waals surface area contributed by atoms with E-state index in [9.17, 15) is 9.90 Å². The number of halogens is 3. The SMILES string of the molecule is COC1(OC)C=C2C(=NC=NC2(Nc2ccc(Cl)cc2F)Oc2cc(O)c(C)cc2F)C=C1OC(OCCn1ccc(=O)cc1)(c1ccccc1)c1ccc2cncnc2c1. The third kappa shape index (κ3) is 7.99. The van der Waals surface area contributed by atoms with Gasteiger partial charge in [0, 0.05) is 85.2 Å². The summed E-state index contributed by atoms with van der Waals surface area (Å²) in [6.07, 6.45) is 10.6. The summed E-state index contributed by atoms with van der Waals surface area (Å²) in [5, 5.41) is 14.5. The highest BCUT2D eigenvalue weighted by Gasteiger charge is 2.52. The van der Waals surface area contributed by atoms with E-state index in [1.54, 1.807) is 23.2 Å². The first-order chi connectivity index (χ1) is 29.5. The Morgan fingerprint density at radius 2 is 1.72 bits per heavy atom. The van der Waals surface area contributed by atoms with E-state index in [0.717, 1.165) is 29.9 Å². The molecule has 2 unspecified atom stereocenters. The molecule has 8 rings (SSSR count).